The van der Waals surface area contributed by atoms with Gasteiger partial charge in [0.2, 0.25) is 5.78 Å². The van der Waals surface area contributed by atoms with Crippen LogP contribution in [-0.4, -0.2) is 86.8 Å². The molecule has 11 heteroatoms. The maximum Gasteiger partial charge on any atom is 0.255 e. The third kappa shape index (κ3) is 3.30. The molecule has 0 radical (unpaired) electrons. The first kappa shape index (κ1) is 24.4. The average Bonchev–Trinajstić information content (AvgIpc) is 3.31. The molecule has 1 saturated heterocycles. The summed E-state index contributed by atoms with van der Waals surface area (Å²) in [7, 11) is 3.19. The summed E-state index contributed by atoms with van der Waals surface area (Å²) in [4.78, 5) is 46.1. The number of rotatable bonds is 4. The predicted octanol–water partition coefficient (Wildman–Crippen LogP) is 0.258. The van der Waals surface area contributed by atoms with Crippen molar-refractivity contribution in [3.63, 3.8) is 0 Å². The van der Waals surface area contributed by atoms with Gasteiger partial charge in [0, 0.05) is 24.6 Å². The maximum absolute atomic E-state index is 13.7. The molecule has 1 fully saturated rings. The first-order chi connectivity index (χ1) is 17.0. The van der Waals surface area contributed by atoms with Crippen molar-refractivity contribution in [1.82, 2.24) is 9.96 Å². The van der Waals surface area contributed by atoms with E-state index < -0.39 is 58.0 Å². The lowest BCUT2D eigenvalue weighted by Crippen LogP contribution is -2.63. The van der Waals surface area contributed by atoms with Gasteiger partial charge >= 0.3 is 0 Å². The van der Waals surface area contributed by atoms with Crippen LogP contribution < -0.4 is 5.73 Å². The number of nitrogens with two attached hydrogens (primary N) is 1. The molecule has 5 rings (SSSR count). The molecule has 0 spiro atoms. The fourth-order valence-electron chi connectivity index (χ4n) is 6.28. The van der Waals surface area contributed by atoms with Crippen LogP contribution in [0.1, 0.15) is 34.3 Å². The van der Waals surface area contributed by atoms with Gasteiger partial charge in [-0.15, -0.1) is 0 Å². The Hall–Kier alpha value is -3.25. The van der Waals surface area contributed by atoms with Crippen molar-refractivity contribution in [1.29, 1.82) is 0 Å². The fourth-order valence-corrected chi connectivity index (χ4v) is 6.28. The molecule has 1 heterocycles. The largest absolute Gasteiger partial charge is 0.510 e. The number of ketones is 2. The number of likely N-dealkylation sites (N-methyl/N-ethyl adjacent to an activating group) is 1. The number of allylic oxidation sites excluding steroid dienone is 1. The van der Waals surface area contributed by atoms with Gasteiger partial charge in [-0.05, 0) is 56.5 Å². The summed E-state index contributed by atoms with van der Waals surface area (Å²) in [5, 5.41) is 46.1. The summed E-state index contributed by atoms with van der Waals surface area (Å²) in [5.74, 6) is -6.57. The molecule has 192 valence electrons. The molecule has 0 aromatic heterocycles. The van der Waals surface area contributed by atoms with E-state index in [4.69, 9.17) is 10.6 Å². The van der Waals surface area contributed by atoms with E-state index in [-0.39, 0.29) is 29.7 Å². The van der Waals surface area contributed by atoms with Crippen LogP contribution in [0.15, 0.2) is 34.8 Å². The smallest absolute Gasteiger partial charge is 0.255 e. The first-order valence-electron chi connectivity index (χ1n) is 11.8. The molecule has 0 saturated carbocycles. The summed E-state index contributed by atoms with van der Waals surface area (Å²) in [6.45, 7) is 1.74. The van der Waals surface area contributed by atoms with Crippen LogP contribution in [0.3, 0.4) is 0 Å². The second kappa shape index (κ2) is 8.41. The molecule has 0 unspecified atom stereocenters. The van der Waals surface area contributed by atoms with Crippen LogP contribution in [0.4, 0.5) is 0 Å². The van der Waals surface area contributed by atoms with Crippen LogP contribution in [0.5, 0.6) is 5.75 Å². The molecule has 4 atom stereocenters. The van der Waals surface area contributed by atoms with Gasteiger partial charge in [-0.25, -0.2) is 0 Å². The minimum Gasteiger partial charge on any atom is -0.510 e. The number of phenols is 1. The van der Waals surface area contributed by atoms with E-state index in [1.54, 1.807) is 25.2 Å². The molecule has 4 aliphatic rings. The zero-order valence-electron chi connectivity index (χ0n) is 20.0. The van der Waals surface area contributed by atoms with Gasteiger partial charge < -0.3 is 26.2 Å². The Labute approximate surface area is 207 Å². The first-order valence-corrected chi connectivity index (χ1v) is 11.8. The average molecular weight is 500 g/mol. The minimum absolute atomic E-state index is 0.00692. The number of Topliss-reactive ketones (excluding diaryl/α,β-unsaturated/α-hetero) is 2. The number of hydroxylamine groups is 2. The van der Waals surface area contributed by atoms with Crippen LogP contribution in [-0.2, 0) is 27.4 Å². The summed E-state index contributed by atoms with van der Waals surface area (Å²) < 4.78 is 0. The minimum atomic E-state index is -2.64. The van der Waals surface area contributed by atoms with Gasteiger partial charge in [0.25, 0.3) is 5.91 Å². The van der Waals surface area contributed by atoms with E-state index in [0.29, 0.717) is 18.7 Å². The molecule has 0 bridgehead atoms. The van der Waals surface area contributed by atoms with Crippen LogP contribution in [0, 0.1) is 11.8 Å². The van der Waals surface area contributed by atoms with E-state index in [1.807, 2.05) is 0 Å². The van der Waals surface area contributed by atoms with Crippen molar-refractivity contribution in [2.24, 2.45) is 17.6 Å². The number of carbonyl (C=O) groups is 3. The molecule has 1 amide bonds. The third-order valence-electron chi connectivity index (χ3n) is 7.88. The second-order valence-electron chi connectivity index (χ2n) is 10.1. The predicted molar refractivity (Wildman–Crippen MR) is 125 cm³/mol. The summed E-state index contributed by atoms with van der Waals surface area (Å²) in [6, 6.07) is 2.12. The van der Waals surface area contributed by atoms with Gasteiger partial charge in [-0.3, -0.25) is 24.1 Å². The summed E-state index contributed by atoms with van der Waals surface area (Å²) >= 11 is 0. The lowest BCUT2D eigenvalue weighted by atomic mass is 9.58. The van der Waals surface area contributed by atoms with E-state index in [1.165, 1.54) is 11.0 Å². The molecule has 1 aliphatic heterocycles. The Balaban J connectivity index is 1.66. The van der Waals surface area contributed by atoms with Gasteiger partial charge in [0.1, 0.15) is 22.8 Å². The van der Waals surface area contributed by atoms with Crippen molar-refractivity contribution < 1.29 is 39.6 Å². The van der Waals surface area contributed by atoms with E-state index in [9.17, 15) is 34.8 Å². The number of hydrogen-bond acceptors (Lipinski definition) is 10. The fraction of sp³-hybridized carbons (Fsp3) is 0.480. The maximum atomic E-state index is 13.7. The number of hydrogen-bond donors (Lipinski definition) is 5. The zero-order chi connectivity index (χ0) is 26.1. The molecule has 3 aliphatic carbocycles. The van der Waals surface area contributed by atoms with Crippen molar-refractivity contribution in [3.05, 3.63) is 51.5 Å². The Morgan fingerprint density at radius 2 is 1.97 bits per heavy atom. The van der Waals surface area contributed by atoms with Crippen LogP contribution in [0.25, 0.3) is 0 Å². The Morgan fingerprint density at radius 3 is 2.58 bits per heavy atom. The molecule has 1 aromatic rings. The third-order valence-corrected chi connectivity index (χ3v) is 7.88. The Bertz CT molecular complexity index is 1250. The number of phenolic OH excluding ortho intramolecular Hbond substituents is 1. The Kier molecular flexibility index (Phi) is 5.71. The summed E-state index contributed by atoms with van der Waals surface area (Å²) in [6.07, 6.45) is 1.19. The molecule has 1 aromatic carbocycles. The number of aliphatic hydroxyl groups is 3. The highest BCUT2D eigenvalue weighted by atomic mass is 16.7. The lowest BCUT2D eigenvalue weighted by molar-refractivity contribution is -0.148. The topological polar surface area (TPSA) is 174 Å². The molecular formula is C25H29N3O8. The standard InChI is InChI=1S/C25H29N3O8/c1-27(2)19-14-9-12-8-13-11(10-28-6-3-7-36-28)4-5-15(29)17(13)20(30)16(12)22(32)25(14,35)23(33)18(21(19)31)24(26)34/h4-5,12,14,19,29,31-32,35H,3,6-10H2,1-2H3,(H2,26,34)/t12-,14-,19+,25-/m0/s1. The number of nitrogens with zero attached hydrogens (tertiary/aromatic N) is 2. The second-order valence-corrected chi connectivity index (χ2v) is 10.1. The number of fused-ring (bicyclic) bond motifs is 3. The molecule has 36 heavy (non-hydrogen) atoms. The normalized spacial score (nSPS) is 30.5. The number of amides is 1. The SMILES string of the molecule is CN(C)[C@H]1C(O)=C(C(N)=O)C(=O)[C@@]2(O)C(O)=C3C(=O)c4c(O)ccc(CN5CCCO5)c4C[C@H]3C[C@@H]12. The number of carbonyl (C=O) groups excluding carboxylic acids is 3. The monoisotopic (exact) mass is 499 g/mol. The lowest BCUT2D eigenvalue weighted by Gasteiger charge is -2.50. The highest BCUT2D eigenvalue weighted by Crippen LogP contribution is 2.52. The van der Waals surface area contributed by atoms with E-state index >= 15 is 0 Å². The van der Waals surface area contributed by atoms with E-state index in [2.05, 4.69) is 0 Å². The van der Waals surface area contributed by atoms with Crippen molar-refractivity contribution in [2.75, 3.05) is 27.2 Å². The van der Waals surface area contributed by atoms with E-state index in [0.717, 1.165) is 18.5 Å². The number of aliphatic hydroxyl groups excluding tert-OH is 2. The number of primary amides is 1. The van der Waals surface area contributed by atoms with Crippen LogP contribution in [0.2, 0.25) is 0 Å². The van der Waals surface area contributed by atoms with Gasteiger partial charge in [0.05, 0.1) is 18.2 Å². The highest BCUT2D eigenvalue weighted by Gasteiger charge is 2.63. The van der Waals surface area contributed by atoms with Crippen LogP contribution >= 0.6 is 0 Å². The van der Waals surface area contributed by atoms with Gasteiger partial charge in [-0.1, -0.05) is 6.07 Å². The quantitative estimate of drug-likeness (QED) is 0.362. The Morgan fingerprint density at radius 1 is 1.25 bits per heavy atom. The number of aromatic hydroxyl groups is 1. The zero-order valence-corrected chi connectivity index (χ0v) is 20.0. The molecule has 11 nitrogen and oxygen atoms in total. The van der Waals surface area contributed by atoms with Gasteiger partial charge in [-0.2, -0.15) is 5.06 Å². The summed E-state index contributed by atoms with van der Waals surface area (Å²) in [5.41, 5.74) is 3.13. The highest BCUT2D eigenvalue weighted by molar-refractivity contribution is 6.24. The molecular weight excluding hydrogens is 470 g/mol. The van der Waals surface area contributed by atoms with Crippen molar-refractivity contribution >= 4 is 17.5 Å². The molecule has 6 N–H and O–H groups in total. The van der Waals surface area contributed by atoms with Gasteiger partial charge in [0.15, 0.2) is 11.4 Å². The number of benzene rings is 1. The van der Waals surface area contributed by atoms with Crippen molar-refractivity contribution in [2.45, 2.75) is 37.5 Å². The van der Waals surface area contributed by atoms with Crippen molar-refractivity contribution in [3.8, 4) is 5.75 Å².